The van der Waals surface area contributed by atoms with Gasteiger partial charge >= 0.3 is 0 Å². The Morgan fingerprint density at radius 1 is 1.00 bits per heavy atom. The van der Waals surface area contributed by atoms with E-state index in [1.165, 1.54) is 16.7 Å². The molecule has 0 atom stereocenters. The molecule has 2 aromatic rings. The molecule has 2 aromatic carbocycles. The molecule has 0 saturated carbocycles. The molecule has 0 aliphatic carbocycles. The highest BCUT2D eigenvalue weighted by Crippen LogP contribution is 2.10. The zero-order valence-electron chi connectivity index (χ0n) is 18.2. The number of aryl methyl sites for hydroxylation is 2. The monoisotopic (exact) mass is 395 g/mol. The zero-order valence-corrected chi connectivity index (χ0v) is 18.2. The molecule has 156 valence electrons. The second-order valence-electron chi connectivity index (χ2n) is 7.47. The number of benzene rings is 2. The van der Waals surface area contributed by atoms with Gasteiger partial charge in [-0.1, -0.05) is 35.9 Å². The fourth-order valence-electron chi connectivity index (χ4n) is 2.95. The standard InChI is InChI=1S/C23H33N5O/c1-17-9-10-21(18(2)13-17)16-27-23(24-3)26-15-19-7-6-8-20(14-19)22(29)25-11-12-28(4)5/h6-10,13-14H,11-12,15-16H2,1-5H3,(H,25,29)(H2,24,26,27). The maximum atomic E-state index is 12.3. The summed E-state index contributed by atoms with van der Waals surface area (Å²) >= 11 is 0. The summed E-state index contributed by atoms with van der Waals surface area (Å²) in [5.41, 5.74) is 5.47. The number of guanidine groups is 1. The summed E-state index contributed by atoms with van der Waals surface area (Å²) in [6.45, 7) is 6.96. The molecule has 0 aliphatic heterocycles. The number of nitrogens with one attached hydrogen (secondary N) is 3. The van der Waals surface area contributed by atoms with Crippen LogP contribution in [0, 0.1) is 13.8 Å². The zero-order chi connectivity index (χ0) is 21.2. The normalized spacial score (nSPS) is 11.4. The Kier molecular flexibility index (Phi) is 8.68. The molecular weight excluding hydrogens is 362 g/mol. The van der Waals surface area contributed by atoms with E-state index >= 15 is 0 Å². The molecule has 0 bridgehead atoms. The number of carbonyl (C=O) groups excluding carboxylic acids is 1. The molecular formula is C23H33N5O. The van der Waals surface area contributed by atoms with Gasteiger partial charge in [-0.05, 0) is 56.8 Å². The fraction of sp³-hybridized carbons (Fsp3) is 0.391. The van der Waals surface area contributed by atoms with Crippen molar-refractivity contribution in [1.29, 1.82) is 0 Å². The molecule has 2 rings (SSSR count). The molecule has 0 aliphatic rings. The Morgan fingerprint density at radius 2 is 1.76 bits per heavy atom. The van der Waals surface area contributed by atoms with Gasteiger partial charge in [-0.2, -0.15) is 0 Å². The fourth-order valence-corrected chi connectivity index (χ4v) is 2.95. The number of likely N-dealkylation sites (N-methyl/N-ethyl adjacent to an activating group) is 1. The van der Waals surface area contributed by atoms with Crippen molar-refractivity contribution in [3.63, 3.8) is 0 Å². The van der Waals surface area contributed by atoms with Crippen LogP contribution in [0.4, 0.5) is 0 Å². The molecule has 0 aromatic heterocycles. The lowest BCUT2D eigenvalue weighted by Crippen LogP contribution is -2.36. The van der Waals surface area contributed by atoms with E-state index in [2.05, 4.69) is 53.0 Å². The van der Waals surface area contributed by atoms with Crippen LogP contribution in [0.25, 0.3) is 0 Å². The van der Waals surface area contributed by atoms with Crippen molar-refractivity contribution in [3.8, 4) is 0 Å². The second kappa shape index (κ2) is 11.2. The number of rotatable bonds is 8. The van der Waals surface area contributed by atoms with Crippen LogP contribution in [0.1, 0.15) is 32.6 Å². The summed E-state index contributed by atoms with van der Waals surface area (Å²) < 4.78 is 0. The van der Waals surface area contributed by atoms with Crippen LogP contribution in [-0.4, -0.2) is 51.0 Å². The Bertz CT molecular complexity index is 845. The summed E-state index contributed by atoms with van der Waals surface area (Å²) in [7, 11) is 5.73. The van der Waals surface area contributed by atoms with Crippen molar-refractivity contribution in [2.24, 2.45) is 4.99 Å². The highest BCUT2D eigenvalue weighted by atomic mass is 16.1. The van der Waals surface area contributed by atoms with Crippen LogP contribution in [0.15, 0.2) is 47.5 Å². The smallest absolute Gasteiger partial charge is 0.251 e. The summed E-state index contributed by atoms with van der Waals surface area (Å²) in [6.07, 6.45) is 0. The molecule has 0 unspecified atom stereocenters. The van der Waals surface area contributed by atoms with Gasteiger partial charge < -0.3 is 20.9 Å². The van der Waals surface area contributed by atoms with Crippen LogP contribution < -0.4 is 16.0 Å². The lowest BCUT2D eigenvalue weighted by molar-refractivity contribution is 0.0951. The molecule has 0 radical (unpaired) electrons. The molecule has 0 heterocycles. The lowest BCUT2D eigenvalue weighted by atomic mass is 10.1. The molecule has 1 amide bonds. The van der Waals surface area contributed by atoms with Crippen LogP contribution >= 0.6 is 0 Å². The number of aliphatic imine (C=N–C) groups is 1. The molecule has 6 nitrogen and oxygen atoms in total. The van der Waals surface area contributed by atoms with Gasteiger partial charge in [0.05, 0.1) is 0 Å². The number of hydrogen-bond donors (Lipinski definition) is 3. The van der Waals surface area contributed by atoms with Gasteiger partial charge in [0.25, 0.3) is 5.91 Å². The Labute approximate surface area is 174 Å². The molecule has 0 fully saturated rings. The van der Waals surface area contributed by atoms with E-state index in [1.54, 1.807) is 7.05 Å². The molecule has 0 spiro atoms. The number of amides is 1. The van der Waals surface area contributed by atoms with Gasteiger partial charge in [-0.15, -0.1) is 0 Å². The number of carbonyl (C=O) groups is 1. The number of hydrogen-bond acceptors (Lipinski definition) is 3. The quantitative estimate of drug-likeness (QED) is 0.474. The first-order valence-electron chi connectivity index (χ1n) is 9.91. The van der Waals surface area contributed by atoms with E-state index in [0.717, 1.165) is 18.1 Å². The van der Waals surface area contributed by atoms with Crippen LogP contribution in [0.3, 0.4) is 0 Å². The van der Waals surface area contributed by atoms with Crippen molar-refractivity contribution < 1.29 is 4.79 Å². The van der Waals surface area contributed by atoms with Crippen LogP contribution in [0.5, 0.6) is 0 Å². The van der Waals surface area contributed by atoms with E-state index in [1.807, 2.05) is 43.3 Å². The van der Waals surface area contributed by atoms with Crippen LogP contribution in [0.2, 0.25) is 0 Å². The summed E-state index contributed by atoms with van der Waals surface area (Å²) in [5.74, 6) is 0.678. The van der Waals surface area contributed by atoms with Gasteiger partial charge in [0.2, 0.25) is 0 Å². The van der Waals surface area contributed by atoms with Gasteiger partial charge in [0.1, 0.15) is 0 Å². The maximum absolute atomic E-state index is 12.3. The first-order valence-corrected chi connectivity index (χ1v) is 9.91. The molecule has 0 saturated heterocycles. The third-order valence-electron chi connectivity index (χ3n) is 4.66. The largest absolute Gasteiger partial charge is 0.352 e. The minimum absolute atomic E-state index is 0.0500. The number of nitrogens with zero attached hydrogens (tertiary/aromatic N) is 2. The maximum Gasteiger partial charge on any atom is 0.251 e. The Balaban J connectivity index is 1.88. The summed E-state index contributed by atoms with van der Waals surface area (Å²) in [4.78, 5) is 18.6. The first-order chi connectivity index (χ1) is 13.9. The second-order valence-corrected chi connectivity index (χ2v) is 7.47. The predicted molar refractivity (Wildman–Crippen MR) is 120 cm³/mol. The van der Waals surface area contributed by atoms with E-state index in [4.69, 9.17) is 0 Å². The van der Waals surface area contributed by atoms with Gasteiger partial charge in [-0.3, -0.25) is 9.79 Å². The third kappa shape index (κ3) is 7.58. The van der Waals surface area contributed by atoms with Crippen molar-refractivity contribution in [1.82, 2.24) is 20.9 Å². The Morgan fingerprint density at radius 3 is 2.45 bits per heavy atom. The highest BCUT2D eigenvalue weighted by Gasteiger charge is 2.07. The predicted octanol–water partition coefficient (Wildman–Crippen LogP) is 2.46. The lowest BCUT2D eigenvalue weighted by Gasteiger charge is -2.14. The van der Waals surface area contributed by atoms with Crippen molar-refractivity contribution in [3.05, 3.63) is 70.3 Å². The van der Waals surface area contributed by atoms with Gasteiger partial charge in [-0.25, -0.2) is 0 Å². The van der Waals surface area contributed by atoms with Crippen molar-refractivity contribution in [2.75, 3.05) is 34.2 Å². The summed E-state index contributed by atoms with van der Waals surface area (Å²) in [6, 6.07) is 14.1. The van der Waals surface area contributed by atoms with Gasteiger partial charge in [0.15, 0.2) is 5.96 Å². The highest BCUT2D eigenvalue weighted by molar-refractivity contribution is 5.94. The average molecular weight is 396 g/mol. The molecule has 29 heavy (non-hydrogen) atoms. The SMILES string of the molecule is CN=C(NCc1cccc(C(=O)NCCN(C)C)c1)NCc1ccc(C)cc1C. The first kappa shape index (κ1) is 22.4. The van der Waals surface area contributed by atoms with E-state index in [9.17, 15) is 4.79 Å². The van der Waals surface area contributed by atoms with E-state index in [-0.39, 0.29) is 5.91 Å². The Hall–Kier alpha value is -2.86. The van der Waals surface area contributed by atoms with Crippen molar-refractivity contribution in [2.45, 2.75) is 26.9 Å². The average Bonchev–Trinajstić information content (AvgIpc) is 2.69. The van der Waals surface area contributed by atoms with E-state index in [0.29, 0.717) is 25.2 Å². The van der Waals surface area contributed by atoms with Crippen molar-refractivity contribution >= 4 is 11.9 Å². The van der Waals surface area contributed by atoms with E-state index < -0.39 is 0 Å². The van der Waals surface area contributed by atoms with Crippen LogP contribution in [-0.2, 0) is 13.1 Å². The molecule has 3 N–H and O–H groups in total. The topological polar surface area (TPSA) is 68.8 Å². The minimum atomic E-state index is -0.0500. The van der Waals surface area contributed by atoms with Gasteiger partial charge in [0, 0.05) is 38.8 Å². The third-order valence-corrected chi connectivity index (χ3v) is 4.66. The minimum Gasteiger partial charge on any atom is -0.352 e. The molecule has 6 heteroatoms. The summed E-state index contributed by atoms with van der Waals surface area (Å²) in [5, 5.41) is 9.60.